The number of aromatic nitrogens is 1. The SMILES string of the molecule is CC(C)CC[C@]1(C)NC(=O)N(CC(=O)OCc2cc(-c3ccccc3)on2)C1=O. The Morgan fingerprint density at radius 3 is 2.69 bits per heavy atom. The van der Waals surface area contributed by atoms with Gasteiger partial charge in [-0.05, 0) is 25.7 Å². The summed E-state index contributed by atoms with van der Waals surface area (Å²) in [5, 5.41) is 6.57. The highest BCUT2D eigenvalue weighted by Crippen LogP contribution is 2.25. The maximum atomic E-state index is 12.6. The summed E-state index contributed by atoms with van der Waals surface area (Å²) >= 11 is 0. The lowest BCUT2D eigenvalue weighted by Gasteiger charge is -2.22. The third-order valence-electron chi connectivity index (χ3n) is 4.85. The van der Waals surface area contributed by atoms with Crippen molar-refractivity contribution in [3.63, 3.8) is 0 Å². The molecule has 0 radical (unpaired) electrons. The number of nitrogens with zero attached hydrogens (tertiary/aromatic N) is 2. The van der Waals surface area contributed by atoms with Crippen molar-refractivity contribution < 1.29 is 23.6 Å². The van der Waals surface area contributed by atoms with E-state index in [-0.39, 0.29) is 6.61 Å². The van der Waals surface area contributed by atoms with Gasteiger partial charge in [-0.3, -0.25) is 14.5 Å². The maximum absolute atomic E-state index is 12.6. The largest absolute Gasteiger partial charge is 0.458 e. The van der Waals surface area contributed by atoms with E-state index in [1.807, 2.05) is 44.2 Å². The molecule has 8 nitrogen and oxygen atoms in total. The second-order valence-electron chi connectivity index (χ2n) is 7.80. The molecule has 1 aliphatic heterocycles. The first-order valence-electron chi connectivity index (χ1n) is 9.59. The average molecular weight is 399 g/mol. The Labute approximate surface area is 169 Å². The lowest BCUT2D eigenvalue weighted by Crippen LogP contribution is -2.44. The minimum atomic E-state index is -0.988. The van der Waals surface area contributed by atoms with Crippen molar-refractivity contribution in [3.8, 4) is 11.3 Å². The molecule has 8 heteroatoms. The predicted octanol–water partition coefficient (Wildman–Crippen LogP) is 3.13. The topological polar surface area (TPSA) is 102 Å². The Morgan fingerprint density at radius 1 is 1.28 bits per heavy atom. The van der Waals surface area contributed by atoms with E-state index in [1.165, 1.54) is 0 Å². The number of ether oxygens (including phenoxy) is 1. The van der Waals surface area contributed by atoms with E-state index >= 15 is 0 Å². The number of esters is 1. The predicted molar refractivity (Wildman–Crippen MR) is 104 cm³/mol. The van der Waals surface area contributed by atoms with E-state index < -0.39 is 30.0 Å². The van der Waals surface area contributed by atoms with Crippen LogP contribution in [0.15, 0.2) is 40.9 Å². The Bertz CT molecular complexity index is 893. The number of imide groups is 1. The number of benzene rings is 1. The van der Waals surface area contributed by atoms with E-state index in [2.05, 4.69) is 10.5 Å². The first-order chi connectivity index (χ1) is 13.8. The standard InChI is InChI=1S/C21H25N3O5/c1-14(2)9-10-21(3)19(26)24(20(27)22-21)12-18(25)28-13-16-11-17(29-23-16)15-7-5-4-6-8-15/h4-8,11,14H,9-10,12-13H2,1-3H3,(H,22,27)/t21-/m0/s1. The second-order valence-corrected chi connectivity index (χ2v) is 7.80. The average Bonchev–Trinajstić information content (AvgIpc) is 3.25. The molecule has 29 heavy (non-hydrogen) atoms. The molecule has 0 unspecified atom stereocenters. The Kier molecular flexibility index (Phi) is 6.00. The first-order valence-corrected chi connectivity index (χ1v) is 9.59. The van der Waals surface area contributed by atoms with Gasteiger partial charge in [0.15, 0.2) is 5.76 Å². The number of carbonyl (C=O) groups excluding carboxylic acids is 3. The van der Waals surface area contributed by atoms with Gasteiger partial charge in [0.05, 0.1) is 0 Å². The van der Waals surface area contributed by atoms with Crippen molar-refractivity contribution in [1.29, 1.82) is 0 Å². The summed E-state index contributed by atoms with van der Waals surface area (Å²) in [7, 11) is 0. The molecule has 1 atom stereocenters. The van der Waals surface area contributed by atoms with Crippen molar-refractivity contribution in [2.45, 2.75) is 45.8 Å². The van der Waals surface area contributed by atoms with Crippen LogP contribution in [-0.4, -0.2) is 40.0 Å². The molecule has 1 saturated heterocycles. The molecular formula is C21H25N3O5. The molecular weight excluding hydrogens is 374 g/mol. The van der Waals surface area contributed by atoms with Crippen molar-refractivity contribution in [3.05, 3.63) is 42.1 Å². The van der Waals surface area contributed by atoms with Crippen LogP contribution in [0, 0.1) is 5.92 Å². The Hall–Kier alpha value is -3.16. The summed E-state index contributed by atoms with van der Waals surface area (Å²) in [5.74, 6) is -0.135. The molecule has 1 aromatic carbocycles. The summed E-state index contributed by atoms with van der Waals surface area (Å²) in [5.41, 5.74) is 0.312. The summed E-state index contributed by atoms with van der Waals surface area (Å²) in [6, 6.07) is 10.5. The zero-order chi connectivity index (χ0) is 21.0. The van der Waals surface area contributed by atoms with Crippen molar-refractivity contribution >= 4 is 17.9 Å². The minimum Gasteiger partial charge on any atom is -0.458 e. The van der Waals surface area contributed by atoms with Crippen LogP contribution in [0.1, 0.15) is 39.3 Å². The van der Waals surface area contributed by atoms with Crippen molar-refractivity contribution in [2.24, 2.45) is 5.92 Å². The normalized spacial score (nSPS) is 19.0. The van der Waals surface area contributed by atoms with Crippen LogP contribution in [0.25, 0.3) is 11.3 Å². The van der Waals surface area contributed by atoms with Gasteiger partial charge < -0.3 is 14.6 Å². The summed E-state index contributed by atoms with van der Waals surface area (Å²) in [6.45, 7) is 5.23. The monoisotopic (exact) mass is 399 g/mol. The molecule has 1 aromatic heterocycles. The fraction of sp³-hybridized carbons (Fsp3) is 0.429. The van der Waals surface area contributed by atoms with E-state index in [9.17, 15) is 14.4 Å². The zero-order valence-electron chi connectivity index (χ0n) is 16.8. The number of amides is 3. The molecule has 0 spiro atoms. The highest BCUT2D eigenvalue weighted by Gasteiger charge is 2.48. The Balaban J connectivity index is 1.54. The molecule has 1 N–H and O–H groups in total. The van der Waals surface area contributed by atoms with Gasteiger partial charge in [0.25, 0.3) is 5.91 Å². The van der Waals surface area contributed by atoms with Gasteiger partial charge in [-0.15, -0.1) is 0 Å². The van der Waals surface area contributed by atoms with Crippen molar-refractivity contribution in [2.75, 3.05) is 6.54 Å². The molecule has 0 saturated carbocycles. The number of carbonyl (C=O) groups is 3. The molecule has 154 valence electrons. The van der Waals surface area contributed by atoms with Gasteiger partial charge in [0, 0.05) is 11.6 Å². The van der Waals surface area contributed by atoms with Crippen LogP contribution in [0.5, 0.6) is 0 Å². The number of urea groups is 1. The Morgan fingerprint density at radius 2 is 2.00 bits per heavy atom. The van der Waals surface area contributed by atoms with Crippen molar-refractivity contribution in [1.82, 2.24) is 15.4 Å². The highest BCUT2D eigenvalue weighted by atomic mass is 16.5. The fourth-order valence-electron chi connectivity index (χ4n) is 3.08. The van der Waals surface area contributed by atoms with Gasteiger partial charge >= 0.3 is 12.0 Å². The van der Waals surface area contributed by atoms with Crippen LogP contribution in [-0.2, 0) is 20.9 Å². The molecule has 2 heterocycles. The van der Waals surface area contributed by atoms with E-state index in [4.69, 9.17) is 9.26 Å². The van der Waals surface area contributed by atoms with E-state index in [0.717, 1.165) is 16.9 Å². The van der Waals surface area contributed by atoms with Crippen LogP contribution >= 0.6 is 0 Å². The molecule has 1 fully saturated rings. The van der Waals surface area contributed by atoms with Gasteiger partial charge in [0.1, 0.15) is 24.4 Å². The third kappa shape index (κ3) is 4.82. The van der Waals surface area contributed by atoms with E-state index in [1.54, 1.807) is 13.0 Å². The summed E-state index contributed by atoms with van der Waals surface area (Å²) < 4.78 is 10.4. The molecule has 1 aliphatic rings. The summed E-state index contributed by atoms with van der Waals surface area (Å²) in [4.78, 5) is 37.9. The quantitative estimate of drug-likeness (QED) is 0.540. The zero-order valence-corrected chi connectivity index (χ0v) is 16.8. The molecule has 0 aliphatic carbocycles. The smallest absolute Gasteiger partial charge is 0.326 e. The summed E-state index contributed by atoms with van der Waals surface area (Å²) in [6.07, 6.45) is 1.30. The number of rotatable bonds is 8. The molecule has 3 amide bonds. The van der Waals surface area contributed by atoms with Crippen LogP contribution in [0.3, 0.4) is 0 Å². The van der Waals surface area contributed by atoms with Gasteiger partial charge in [-0.25, -0.2) is 4.79 Å². The maximum Gasteiger partial charge on any atom is 0.326 e. The third-order valence-corrected chi connectivity index (χ3v) is 4.85. The first kappa shape index (κ1) is 20.6. The van der Waals surface area contributed by atoms with E-state index in [0.29, 0.717) is 23.8 Å². The minimum absolute atomic E-state index is 0.108. The number of hydrogen-bond donors (Lipinski definition) is 1. The number of nitrogens with one attached hydrogen (secondary N) is 1. The molecule has 3 rings (SSSR count). The lowest BCUT2D eigenvalue weighted by molar-refractivity contribution is -0.149. The van der Waals surface area contributed by atoms with Crippen LogP contribution in [0.4, 0.5) is 4.79 Å². The lowest BCUT2D eigenvalue weighted by atomic mass is 9.92. The second kappa shape index (κ2) is 8.46. The fourth-order valence-corrected chi connectivity index (χ4v) is 3.08. The molecule has 2 aromatic rings. The van der Waals surface area contributed by atoms with Gasteiger partial charge in [-0.2, -0.15) is 0 Å². The van der Waals surface area contributed by atoms with Gasteiger partial charge in [-0.1, -0.05) is 49.3 Å². The van der Waals surface area contributed by atoms with Crippen LogP contribution in [0.2, 0.25) is 0 Å². The highest BCUT2D eigenvalue weighted by molar-refractivity contribution is 6.08. The van der Waals surface area contributed by atoms with Gasteiger partial charge in [0.2, 0.25) is 0 Å². The molecule has 0 bridgehead atoms. The van der Waals surface area contributed by atoms with Crippen LogP contribution < -0.4 is 5.32 Å². The number of hydrogen-bond acceptors (Lipinski definition) is 6.